The topological polar surface area (TPSA) is 63.8 Å². The average molecular weight is 253 g/mol. The minimum Gasteiger partial charge on any atom is -0.388 e. The van der Waals surface area contributed by atoms with Crippen LogP contribution in [-0.2, 0) is 13.5 Å². The highest BCUT2D eigenvalue weighted by atomic mass is 35.5. The summed E-state index contributed by atoms with van der Waals surface area (Å²) in [6.07, 6.45) is -0.299. The van der Waals surface area contributed by atoms with Gasteiger partial charge in [-0.3, -0.25) is 0 Å². The number of aryl methyl sites for hydroxylation is 2. The highest BCUT2D eigenvalue weighted by molar-refractivity contribution is 6.30. The van der Waals surface area contributed by atoms with E-state index in [0.717, 1.165) is 11.1 Å². The molecule has 1 aromatic heterocycles. The molecule has 0 saturated heterocycles. The first kappa shape index (κ1) is 12.0. The van der Waals surface area contributed by atoms with Crippen molar-refractivity contribution >= 4 is 11.6 Å². The van der Waals surface area contributed by atoms with Crippen LogP contribution in [0.3, 0.4) is 0 Å². The number of aliphatic hydroxyl groups is 1. The number of rotatable bonds is 3. The average Bonchev–Trinajstić information content (AvgIpc) is 2.63. The highest BCUT2D eigenvalue weighted by Gasteiger charge is 2.14. The van der Waals surface area contributed by atoms with Gasteiger partial charge in [0.25, 0.3) is 0 Å². The summed E-state index contributed by atoms with van der Waals surface area (Å²) in [6.45, 7) is 1.91. The Morgan fingerprint density at radius 2 is 2.24 bits per heavy atom. The molecule has 1 atom stereocenters. The Balaban J connectivity index is 2.17. The Bertz CT molecular complexity index is 526. The van der Waals surface area contributed by atoms with Crippen LogP contribution in [0.15, 0.2) is 18.2 Å². The van der Waals surface area contributed by atoms with Gasteiger partial charge < -0.3 is 5.11 Å². The van der Waals surface area contributed by atoms with Gasteiger partial charge in [-0.2, -0.15) is 4.80 Å². The lowest BCUT2D eigenvalue weighted by molar-refractivity contribution is 0.175. The van der Waals surface area contributed by atoms with E-state index in [1.54, 1.807) is 13.1 Å². The molecule has 0 bridgehead atoms. The first-order valence-corrected chi connectivity index (χ1v) is 5.61. The Hall–Kier alpha value is -1.46. The third-order valence-electron chi connectivity index (χ3n) is 2.52. The number of aliphatic hydroxyl groups excluding tert-OH is 1. The van der Waals surface area contributed by atoms with Crippen molar-refractivity contribution in [3.8, 4) is 0 Å². The van der Waals surface area contributed by atoms with E-state index >= 15 is 0 Å². The standard InChI is InChI=1S/C11H13ClN4O/c1-7-5-8(12)3-4-9(7)10(17)6-11-13-15-16(2)14-11/h3-5,10,17H,6H2,1-2H3. The van der Waals surface area contributed by atoms with Crippen molar-refractivity contribution in [1.29, 1.82) is 0 Å². The SMILES string of the molecule is Cc1cc(Cl)ccc1C(O)Cc1nnn(C)n1. The number of aromatic nitrogens is 4. The van der Waals surface area contributed by atoms with Crippen LogP contribution in [0.4, 0.5) is 0 Å². The second-order valence-corrected chi connectivity index (χ2v) is 4.35. The highest BCUT2D eigenvalue weighted by Crippen LogP contribution is 2.23. The van der Waals surface area contributed by atoms with Gasteiger partial charge in [0, 0.05) is 11.4 Å². The fourth-order valence-electron chi connectivity index (χ4n) is 1.70. The molecule has 0 fully saturated rings. The fourth-order valence-corrected chi connectivity index (χ4v) is 1.93. The Labute approximate surface area is 104 Å². The predicted octanol–water partition coefficient (Wildman–Crippen LogP) is 1.45. The lowest BCUT2D eigenvalue weighted by atomic mass is 10.0. The minimum absolute atomic E-state index is 0.344. The molecule has 0 amide bonds. The van der Waals surface area contributed by atoms with Crippen molar-refractivity contribution in [2.75, 3.05) is 0 Å². The summed E-state index contributed by atoms with van der Waals surface area (Å²) in [4.78, 5) is 1.37. The van der Waals surface area contributed by atoms with Crippen LogP contribution in [0.1, 0.15) is 23.1 Å². The molecule has 1 heterocycles. The normalized spacial score (nSPS) is 12.7. The van der Waals surface area contributed by atoms with Crippen molar-refractivity contribution in [2.24, 2.45) is 7.05 Å². The van der Waals surface area contributed by atoms with Gasteiger partial charge in [-0.25, -0.2) is 0 Å². The molecule has 1 aromatic carbocycles. The molecule has 2 aromatic rings. The van der Waals surface area contributed by atoms with Gasteiger partial charge >= 0.3 is 0 Å². The molecule has 5 nitrogen and oxygen atoms in total. The molecule has 0 aliphatic rings. The zero-order valence-corrected chi connectivity index (χ0v) is 10.4. The third-order valence-corrected chi connectivity index (χ3v) is 2.75. The van der Waals surface area contributed by atoms with Crippen LogP contribution in [0, 0.1) is 6.92 Å². The molecule has 0 spiro atoms. The number of hydrogen-bond acceptors (Lipinski definition) is 4. The number of halogens is 1. The van der Waals surface area contributed by atoms with Crippen LogP contribution in [0.5, 0.6) is 0 Å². The molecule has 6 heteroatoms. The van der Waals surface area contributed by atoms with Crippen LogP contribution in [0.25, 0.3) is 0 Å². The third kappa shape index (κ3) is 2.81. The number of benzene rings is 1. The van der Waals surface area contributed by atoms with E-state index < -0.39 is 6.10 Å². The Kier molecular flexibility index (Phi) is 3.40. The molecule has 90 valence electrons. The van der Waals surface area contributed by atoms with Crippen molar-refractivity contribution in [3.63, 3.8) is 0 Å². The summed E-state index contributed by atoms with van der Waals surface area (Å²) in [7, 11) is 1.69. The van der Waals surface area contributed by atoms with E-state index in [0.29, 0.717) is 17.3 Å². The Morgan fingerprint density at radius 3 is 2.82 bits per heavy atom. The first-order valence-electron chi connectivity index (χ1n) is 5.23. The summed E-state index contributed by atoms with van der Waals surface area (Å²) < 4.78 is 0. The molecular weight excluding hydrogens is 240 g/mol. The van der Waals surface area contributed by atoms with E-state index in [4.69, 9.17) is 11.6 Å². The van der Waals surface area contributed by atoms with Gasteiger partial charge in [0.15, 0.2) is 5.82 Å². The van der Waals surface area contributed by atoms with Crippen LogP contribution < -0.4 is 0 Å². The number of tetrazole rings is 1. The molecule has 0 radical (unpaired) electrons. The van der Waals surface area contributed by atoms with Gasteiger partial charge in [0.2, 0.25) is 0 Å². The van der Waals surface area contributed by atoms with E-state index in [1.165, 1.54) is 4.80 Å². The summed E-state index contributed by atoms with van der Waals surface area (Å²) in [6, 6.07) is 5.40. The van der Waals surface area contributed by atoms with Crippen molar-refractivity contribution in [3.05, 3.63) is 40.2 Å². The smallest absolute Gasteiger partial charge is 0.177 e. The van der Waals surface area contributed by atoms with E-state index in [-0.39, 0.29) is 0 Å². The lowest BCUT2D eigenvalue weighted by Crippen LogP contribution is -2.05. The molecule has 0 aliphatic carbocycles. The molecule has 0 saturated carbocycles. The summed E-state index contributed by atoms with van der Waals surface area (Å²) in [5, 5.41) is 22.4. The van der Waals surface area contributed by atoms with Crippen LogP contribution in [-0.4, -0.2) is 25.3 Å². The van der Waals surface area contributed by atoms with Crippen LogP contribution >= 0.6 is 11.6 Å². The molecule has 17 heavy (non-hydrogen) atoms. The second kappa shape index (κ2) is 4.81. The first-order chi connectivity index (χ1) is 8.06. The maximum atomic E-state index is 10.1. The van der Waals surface area contributed by atoms with Gasteiger partial charge in [0.1, 0.15) is 0 Å². The minimum atomic E-state index is -0.642. The van der Waals surface area contributed by atoms with E-state index in [2.05, 4.69) is 15.4 Å². The van der Waals surface area contributed by atoms with Crippen LogP contribution in [0.2, 0.25) is 5.02 Å². The fraction of sp³-hybridized carbons (Fsp3) is 0.364. The lowest BCUT2D eigenvalue weighted by Gasteiger charge is -2.11. The maximum absolute atomic E-state index is 10.1. The maximum Gasteiger partial charge on any atom is 0.177 e. The zero-order valence-electron chi connectivity index (χ0n) is 9.63. The Morgan fingerprint density at radius 1 is 1.47 bits per heavy atom. The van der Waals surface area contributed by atoms with Gasteiger partial charge in [-0.15, -0.1) is 10.2 Å². The quantitative estimate of drug-likeness (QED) is 0.898. The number of hydrogen-bond donors (Lipinski definition) is 1. The molecule has 1 N–H and O–H groups in total. The van der Waals surface area contributed by atoms with Crippen molar-refractivity contribution in [2.45, 2.75) is 19.4 Å². The predicted molar refractivity (Wildman–Crippen MR) is 63.7 cm³/mol. The van der Waals surface area contributed by atoms with Gasteiger partial charge in [0.05, 0.1) is 13.2 Å². The molecular formula is C11H13ClN4O. The summed E-state index contributed by atoms with van der Waals surface area (Å²) in [5.41, 5.74) is 1.79. The molecule has 2 rings (SSSR count). The van der Waals surface area contributed by atoms with E-state index in [1.807, 2.05) is 19.1 Å². The largest absolute Gasteiger partial charge is 0.388 e. The van der Waals surface area contributed by atoms with Gasteiger partial charge in [-0.05, 0) is 35.4 Å². The zero-order chi connectivity index (χ0) is 12.4. The second-order valence-electron chi connectivity index (χ2n) is 3.92. The van der Waals surface area contributed by atoms with Gasteiger partial charge in [-0.1, -0.05) is 17.7 Å². The molecule has 0 aliphatic heterocycles. The number of nitrogens with zero attached hydrogens (tertiary/aromatic N) is 4. The summed E-state index contributed by atoms with van der Waals surface area (Å²) in [5.74, 6) is 0.523. The monoisotopic (exact) mass is 252 g/mol. The van der Waals surface area contributed by atoms with Crippen molar-refractivity contribution in [1.82, 2.24) is 20.2 Å². The summed E-state index contributed by atoms with van der Waals surface area (Å²) >= 11 is 5.87. The van der Waals surface area contributed by atoms with E-state index in [9.17, 15) is 5.11 Å². The van der Waals surface area contributed by atoms with Crippen molar-refractivity contribution < 1.29 is 5.11 Å². The molecule has 1 unspecified atom stereocenters.